The first kappa shape index (κ1) is 36.9. The van der Waals surface area contributed by atoms with Gasteiger partial charge in [0, 0.05) is 34.6 Å². The summed E-state index contributed by atoms with van der Waals surface area (Å²) in [5.74, 6) is 0.889. The first-order valence-corrected chi connectivity index (χ1v) is 19.4. The summed E-state index contributed by atoms with van der Waals surface area (Å²) in [6.07, 6.45) is 4.24. The highest BCUT2D eigenvalue weighted by molar-refractivity contribution is 6.18. The first-order valence-electron chi connectivity index (χ1n) is 19.4. The lowest BCUT2D eigenvalue weighted by Gasteiger charge is -2.50. The molecule has 0 fully saturated rings. The van der Waals surface area contributed by atoms with Crippen molar-refractivity contribution in [2.45, 2.75) is 85.9 Å². The molecule has 1 heterocycles. The highest BCUT2D eigenvalue weighted by Crippen LogP contribution is 2.60. The summed E-state index contributed by atoms with van der Waals surface area (Å²) in [5.41, 5.74) is 12.8. The van der Waals surface area contributed by atoms with Gasteiger partial charge in [0.25, 0.3) is 0 Å². The number of benzene rings is 5. The molecule has 1 unspecified atom stereocenters. The van der Waals surface area contributed by atoms with Crippen molar-refractivity contribution in [1.29, 1.82) is 0 Å². The minimum Gasteiger partial charge on any atom is -0.355 e. The van der Waals surface area contributed by atoms with Crippen molar-refractivity contribution in [3.63, 3.8) is 0 Å². The van der Waals surface area contributed by atoms with Crippen LogP contribution in [0, 0.1) is 33.1 Å². The number of hydrogen-bond donors (Lipinski definition) is 3. The fourth-order valence-corrected chi connectivity index (χ4v) is 8.49. The van der Waals surface area contributed by atoms with Crippen molar-refractivity contribution < 1.29 is 0 Å². The van der Waals surface area contributed by atoms with Gasteiger partial charge in [-0.3, -0.25) is 0 Å². The summed E-state index contributed by atoms with van der Waals surface area (Å²) in [7, 11) is 0. The van der Waals surface area contributed by atoms with Crippen LogP contribution in [0.2, 0.25) is 0 Å². The second-order valence-corrected chi connectivity index (χ2v) is 16.1. The number of hydrogen-bond acceptors (Lipinski definition) is 4. The van der Waals surface area contributed by atoms with Crippen molar-refractivity contribution in [2.24, 2.45) is 10.4 Å². The van der Waals surface area contributed by atoms with Gasteiger partial charge in [0.05, 0.1) is 11.4 Å². The molecule has 0 saturated carbocycles. The van der Waals surface area contributed by atoms with E-state index in [4.69, 9.17) is 4.99 Å². The SMILES string of the molecule is CC1=C[C@@](C)(C[C@@H](NC(C)C)c2ccccc2)C2(C1)C(Nc1ccc(C)cc1)=C(Nc1ccc(C)cc1)C(=Nc1ccc(C)cc1)N2c1ccc(C)cc1. The molecule has 54 heavy (non-hydrogen) atoms. The first-order chi connectivity index (χ1) is 25.9. The van der Waals surface area contributed by atoms with Crippen LogP contribution < -0.4 is 20.9 Å². The van der Waals surface area contributed by atoms with Crippen molar-refractivity contribution in [3.05, 3.63) is 178 Å². The van der Waals surface area contributed by atoms with Gasteiger partial charge in [0.1, 0.15) is 11.2 Å². The number of aliphatic imine (C=N–C) groups is 1. The predicted octanol–water partition coefficient (Wildman–Crippen LogP) is 12.1. The Morgan fingerprint density at radius 2 is 1.17 bits per heavy atom. The van der Waals surface area contributed by atoms with E-state index < -0.39 is 5.54 Å². The van der Waals surface area contributed by atoms with Gasteiger partial charge in [-0.1, -0.05) is 134 Å². The Bertz CT molecular complexity index is 2160. The number of nitrogens with zero attached hydrogens (tertiary/aromatic N) is 2. The summed E-state index contributed by atoms with van der Waals surface area (Å²) >= 11 is 0. The Labute approximate surface area is 323 Å². The lowest BCUT2D eigenvalue weighted by atomic mass is 9.66. The molecule has 3 atom stereocenters. The van der Waals surface area contributed by atoms with Crippen LogP contribution in [0.15, 0.2) is 155 Å². The van der Waals surface area contributed by atoms with Gasteiger partial charge in [-0.05, 0) is 102 Å². The molecule has 0 radical (unpaired) electrons. The molecular formula is C49H55N5. The highest BCUT2D eigenvalue weighted by atomic mass is 15.3. The third-order valence-electron chi connectivity index (χ3n) is 11.1. The zero-order chi connectivity index (χ0) is 38.0. The largest absolute Gasteiger partial charge is 0.355 e. The van der Waals surface area contributed by atoms with Crippen molar-refractivity contribution in [3.8, 4) is 0 Å². The van der Waals surface area contributed by atoms with Crippen LogP contribution in [0.1, 0.15) is 74.4 Å². The van der Waals surface area contributed by atoms with E-state index >= 15 is 0 Å². The maximum atomic E-state index is 5.62. The molecule has 5 heteroatoms. The second-order valence-electron chi connectivity index (χ2n) is 16.1. The number of anilines is 3. The van der Waals surface area contributed by atoms with Crippen molar-refractivity contribution in [1.82, 2.24) is 5.32 Å². The number of rotatable bonds is 11. The molecule has 1 aliphatic carbocycles. The zero-order valence-electron chi connectivity index (χ0n) is 33.2. The standard InChI is InChI=1S/C49H55N5/c1-33(2)50-44(39-12-10-9-11-13-39)32-48(8)30-38(7)31-49(48)46(52-41-24-16-35(4)17-25-41)45(51-40-22-14-34(3)15-23-40)47(53-42-26-18-36(5)19-27-42)54(49)43-28-20-37(6)21-29-43/h9-30,33,44,50-52H,31-32H2,1-8H3/t44-,48+,49?/m1/s1. The Morgan fingerprint density at radius 1 is 0.648 bits per heavy atom. The minimum absolute atomic E-state index is 0.113. The summed E-state index contributed by atoms with van der Waals surface area (Å²) in [6, 6.07) is 46.4. The van der Waals surface area contributed by atoms with Crippen LogP contribution >= 0.6 is 0 Å². The van der Waals surface area contributed by atoms with Crippen LogP contribution in [-0.2, 0) is 0 Å². The normalized spacial score (nSPS) is 20.9. The Balaban J connectivity index is 1.54. The summed E-state index contributed by atoms with van der Waals surface area (Å²) < 4.78 is 0. The van der Waals surface area contributed by atoms with Crippen molar-refractivity contribution in [2.75, 3.05) is 15.5 Å². The van der Waals surface area contributed by atoms with E-state index in [0.29, 0.717) is 6.04 Å². The third-order valence-corrected chi connectivity index (χ3v) is 11.1. The number of aryl methyl sites for hydroxylation is 4. The Morgan fingerprint density at radius 3 is 1.72 bits per heavy atom. The van der Waals surface area contributed by atoms with Gasteiger partial charge in [0.15, 0.2) is 5.84 Å². The molecule has 1 aliphatic heterocycles. The van der Waals surface area contributed by atoms with E-state index in [-0.39, 0.29) is 11.5 Å². The van der Waals surface area contributed by atoms with Crippen LogP contribution in [0.4, 0.5) is 22.7 Å². The van der Waals surface area contributed by atoms with Gasteiger partial charge >= 0.3 is 0 Å². The molecule has 5 aromatic carbocycles. The van der Waals surface area contributed by atoms with E-state index in [2.05, 4.69) is 210 Å². The topological polar surface area (TPSA) is 51.7 Å². The molecule has 0 saturated heterocycles. The smallest absolute Gasteiger partial charge is 0.160 e. The molecule has 5 nitrogen and oxygen atoms in total. The van der Waals surface area contributed by atoms with Gasteiger partial charge in [-0.25, -0.2) is 4.99 Å². The Kier molecular flexibility index (Phi) is 10.4. The van der Waals surface area contributed by atoms with Crippen LogP contribution in [-0.4, -0.2) is 17.4 Å². The molecule has 7 rings (SSSR count). The molecule has 0 aromatic heterocycles. The van der Waals surface area contributed by atoms with Crippen molar-refractivity contribution >= 4 is 28.6 Å². The van der Waals surface area contributed by atoms with Gasteiger partial charge in [-0.15, -0.1) is 0 Å². The van der Waals surface area contributed by atoms with E-state index in [0.717, 1.165) is 52.8 Å². The molecular weight excluding hydrogens is 659 g/mol. The van der Waals surface area contributed by atoms with Crippen LogP contribution in [0.25, 0.3) is 0 Å². The lowest BCUT2D eigenvalue weighted by Crippen LogP contribution is -2.58. The molecule has 5 aromatic rings. The average Bonchev–Trinajstić information content (AvgIpc) is 3.55. The lowest BCUT2D eigenvalue weighted by molar-refractivity contribution is 0.217. The van der Waals surface area contributed by atoms with Gasteiger partial charge in [0.2, 0.25) is 0 Å². The van der Waals surface area contributed by atoms with E-state index in [1.165, 1.54) is 33.4 Å². The molecule has 276 valence electrons. The molecule has 3 N–H and O–H groups in total. The fraction of sp³-hybridized carbons (Fsp3) is 0.286. The monoisotopic (exact) mass is 713 g/mol. The molecule has 0 amide bonds. The zero-order valence-corrected chi connectivity index (χ0v) is 33.2. The maximum absolute atomic E-state index is 5.62. The maximum Gasteiger partial charge on any atom is 0.160 e. The quantitative estimate of drug-likeness (QED) is 0.119. The second kappa shape index (κ2) is 15.2. The fourth-order valence-electron chi connectivity index (χ4n) is 8.49. The third kappa shape index (κ3) is 7.38. The summed E-state index contributed by atoms with van der Waals surface area (Å²) in [4.78, 5) is 8.18. The Hall–Kier alpha value is -5.39. The minimum atomic E-state index is -0.584. The molecule has 1 spiro atoms. The predicted molar refractivity (Wildman–Crippen MR) is 230 cm³/mol. The van der Waals surface area contributed by atoms with Gasteiger partial charge < -0.3 is 20.9 Å². The average molecular weight is 714 g/mol. The highest BCUT2D eigenvalue weighted by Gasteiger charge is 2.63. The van der Waals surface area contributed by atoms with E-state index in [9.17, 15) is 0 Å². The van der Waals surface area contributed by atoms with E-state index in [1.54, 1.807) is 0 Å². The van der Waals surface area contributed by atoms with Crippen LogP contribution in [0.3, 0.4) is 0 Å². The van der Waals surface area contributed by atoms with Gasteiger partial charge in [-0.2, -0.15) is 0 Å². The van der Waals surface area contributed by atoms with Crippen LogP contribution in [0.5, 0.6) is 0 Å². The summed E-state index contributed by atoms with van der Waals surface area (Å²) in [5, 5.41) is 12.0. The molecule has 0 bridgehead atoms. The van der Waals surface area contributed by atoms with E-state index in [1.807, 2.05) is 0 Å². The molecule has 2 aliphatic rings. The summed E-state index contributed by atoms with van der Waals surface area (Å²) in [6.45, 7) is 17.8. The number of amidine groups is 1. The number of nitrogens with one attached hydrogen (secondary N) is 3.